The molecule has 1 aliphatic carbocycles. The van der Waals surface area contributed by atoms with Crippen LogP contribution in [0.4, 0.5) is 0 Å². The lowest BCUT2D eigenvalue weighted by Crippen LogP contribution is -2.52. The molecule has 5 aliphatic rings. The van der Waals surface area contributed by atoms with E-state index in [1.807, 2.05) is 12.1 Å². The summed E-state index contributed by atoms with van der Waals surface area (Å²) in [6, 6.07) is 5.41. The molecule has 4 fully saturated rings. The molecule has 3 unspecified atom stereocenters. The Morgan fingerprint density at radius 2 is 1.83 bits per heavy atom. The quantitative estimate of drug-likeness (QED) is 0.735. The number of benzene rings is 1. The number of carbonyl (C=O) groups excluding carboxylic acids is 3. The van der Waals surface area contributed by atoms with Crippen LogP contribution in [0.3, 0.4) is 0 Å². The Hall–Kier alpha value is -2.25. The van der Waals surface area contributed by atoms with Gasteiger partial charge in [0.2, 0.25) is 11.8 Å². The number of piperidine rings is 1. The predicted molar refractivity (Wildman–Crippen MR) is 105 cm³/mol. The molecule has 1 saturated carbocycles. The van der Waals surface area contributed by atoms with Crippen LogP contribution in [-0.4, -0.2) is 59.7 Å². The standard InChI is InChI=1S/C22H26N4O3/c27-18-5-4-17(19(28)24-18)26-9-16-14(2-1-3-15(16)20(26)29)8-25-12-21-6-7-22(21,13-25)11-23-10-21/h1-3,17,23H,4-13H2,(H,24,27,28). The molecule has 0 radical (unpaired) electrons. The third kappa shape index (κ3) is 2.34. The fourth-order valence-electron chi connectivity index (χ4n) is 6.59. The summed E-state index contributed by atoms with van der Waals surface area (Å²) in [7, 11) is 0. The van der Waals surface area contributed by atoms with Gasteiger partial charge in [-0.1, -0.05) is 12.1 Å². The van der Waals surface area contributed by atoms with E-state index in [0.29, 0.717) is 29.4 Å². The molecule has 3 atom stereocenters. The van der Waals surface area contributed by atoms with Crippen molar-refractivity contribution in [2.24, 2.45) is 10.8 Å². The first-order valence-electron chi connectivity index (χ1n) is 10.7. The van der Waals surface area contributed by atoms with Gasteiger partial charge in [-0.3, -0.25) is 24.6 Å². The second-order valence-corrected chi connectivity index (χ2v) is 9.65. The van der Waals surface area contributed by atoms with Gasteiger partial charge in [-0.15, -0.1) is 0 Å². The molecular formula is C22H26N4O3. The lowest BCUT2D eigenvalue weighted by Gasteiger charge is -2.49. The normalized spacial score (nSPS) is 35.9. The number of hydrogen-bond acceptors (Lipinski definition) is 5. The molecule has 1 aromatic rings. The van der Waals surface area contributed by atoms with Crippen LogP contribution in [0.15, 0.2) is 18.2 Å². The van der Waals surface area contributed by atoms with E-state index in [1.54, 1.807) is 4.90 Å². The molecule has 3 saturated heterocycles. The zero-order chi connectivity index (χ0) is 19.8. The minimum absolute atomic E-state index is 0.0869. The summed E-state index contributed by atoms with van der Waals surface area (Å²) in [6.07, 6.45) is 3.34. The number of rotatable bonds is 3. The minimum atomic E-state index is -0.550. The second-order valence-electron chi connectivity index (χ2n) is 9.65. The summed E-state index contributed by atoms with van der Waals surface area (Å²) in [5.41, 5.74) is 3.89. The highest BCUT2D eigenvalue weighted by Crippen LogP contribution is 2.63. The molecule has 152 valence electrons. The first-order valence-corrected chi connectivity index (χ1v) is 10.7. The lowest BCUT2D eigenvalue weighted by molar-refractivity contribution is -0.136. The highest BCUT2D eigenvalue weighted by molar-refractivity contribution is 6.05. The Kier molecular flexibility index (Phi) is 3.57. The SMILES string of the molecule is O=C1CCC(N2Cc3c(CN4CC56CCC5(CNC6)C4)cccc3C2=O)C(=O)N1. The van der Waals surface area contributed by atoms with E-state index in [9.17, 15) is 14.4 Å². The number of nitrogens with one attached hydrogen (secondary N) is 2. The van der Waals surface area contributed by atoms with Gasteiger partial charge < -0.3 is 10.2 Å². The predicted octanol–water partition coefficient (Wildman–Crippen LogP) is 0.633. The topological polar surface area (TPSA) is 81.8 Å². The van der Waals surface area contributed by atoms with Gasteiger partial charge in [-0.2, -0.15) is 0 Å². The highest BCUT2D eigenvalue weighted by atomic mass is 16.2. The van der Waals surface area contributed by atoms with Crippen molar-refractivity contribution in [2.45, 2.75) is 44.8 Å². The molecule has 7 heteroatoms. The summed E-state index contributed by atoms with van der Waals surface area (Å²) < 4.78 is 0. The van der Waals surface area contributed by atoms with Crippen LogP contribution in [0, 0.1) is 10.8 Å². The van der Waals surface area contributed by atoms with Gasteiger partial charge in [0.25, 0.3) is 5.91 Å². The summed E-state index contributed by atoms with van der Waals surface area (Å²) in [4.78, 5) is 41.0. The van der Waals surface area contributed by atoms with Crippen molar-refractivity contribution in [1.29, 1.82) is 0 Å². The fraction of sp³-hybridized carbons (Fsp3) is 0.591. The Balaban J connectivity index is 1.23. The lowest BCUT2D eigenvalue weighted by atomic mass is 9.53. The largest absolute Gasteiger partial charge is 0.322 e. The van der Waals surface area contributed by atoms with Crippen LogP contribution in [0.2, 0.25) is 0 Å². The maximum atomic E-state index is 13.0. The van der Waals surface area contributed by atoms with Gasteiger partial charge in [0.1, 0.15) is 6.04 Å². The minimum Gasteiger partial charge on any atom is -0.322 e. The van der Waals surface area contributed by atoms with Crippen molar-refractivity contribution in [3.05, 3.63) is 34.9 Å². The maximum absolute atomic E-state index is 13.0. The summed E-state index contributed by atoms with van der Waals surface area (Å²) in [5.74, 6) is -0.687. The van der Waals surface area contributed by atoms with Crippen molar-refractivity contribution in [2.75, 3.05) is 26.2 Å². The fourth-order valence-corrected chi connectivity index (χ4v) is 6.59. The number of amides is 3. The van der Waals surface area contributed by atoms with Gasteiger partial charge in [0.05, 0.1) is 0 Å². The molecule has 6 rings (SSSR count). The Labute approximate surface area is 169 Å². The molecule has 29 heavy (non-hydrogen) atoms. The van der Waals surface area contributed by atoms with Crippen LogP contribution >= 0.6 is 0 Å². The summed E-state index contributed by atoms with van der Waals surface area (Å²) in [6.45, 7) is 5.87. The van der Waals surface area contributed by atoms with Crippen molar-refractivity contribution in [1.82, 2.24) is 20.4 Å². The molecule has 2 N–H and O–H groups in total. The van der Waals surface area contributed by atoms with Crippen LogP contribution in [0.5, 0.6) is 0 Å². The molecule has 4 aliphatic heterocycles. The Morgan fingerprint density at radius 3 is 2.52 bits per heavy atom. The molecule has 0 aromatic heterocycles. The maximum Gasteiger partial charge on any atom is 0.255 e. The van der Waals surface area contributed by atoms with Gasteiger partial charge >= 0.3 is 0 Å². The second kappa shape index (κ2) is 5.89. The number of likely N-dealkylation sites (tertiary alicyclic amines) is 1. The molecule has 0 bridgehead atoms. The van der Waals surface area contributed by atoms with Crippen molar-refractivity contribution in [3.8, 4) is 0 Å². The van der Waals surface area contributed by atoms with Gasteiger partial charge in [0.15, 0.2) is 0 Å². The van der Waals surface area contributed by atoms with E-state index in [-0.39, 0.29) is 24.1 Å². The Bertz CT molecular complexity index is 926. The van der Waals surface area contributed by atoms with Crippen LogP contribution in [-0.2, 0) is 22.7 Å². The van der Waals surface area contributed by atoms with Crippen molar-refractivity contribution < 1.29 is 14.4 Å². The molecular weight excluding hydrogens is 368 g/mol. The van der Waals surface area contributed by atoms with Crippen LogP contribution < -0.4 is 10.6 Å². The highest BCUT2D eigenvalue weighted by Gasteiger charge is 2.66. The van der Waals surface area contributed by atoms with Crippen LogP contribution in [0.25, 0.3) is 0 Å². The first kappa shape index (κ1) is 17.6. The first-order chi connectivity index (χ1) is 14.0. The monoisotopic (exact) mass is 394 g/mol. The van der Waals surface area contributed by atoms with E-state index in [0.717, 1.165) is 38.3 Å². The van der Waals surface area contributed by atoms with Crippen molar-refractivity contribution in [3.63, 3.8) is 0 Å². The average molecular weight is 394 g/mol. The van der Waals surface area contributed by atoms with E-state index >= 15 is 0 Å². The molecule has 3 amide bonds. The smallest absolute Gasteiger partial charge is 0.255 e. The third-order valence-electron chi connectivity index (χ3n) is 8.26. The third-order valence-corrected chi connectivity index (χ3v) is 8.26. The van der Waals surface area contributed by atoms with Gasteiger partial charge in [-0.05, 0) is 36.5 Å². The molecule has 7 nitrogen and oxygen atoms in total. The number of imide groups is 1. The zero-order valence-corrected chi connectivity index (χ0v) is 16.5. The van der Waals surface area contributed by atoms with Crippen LogP contribution in [0.1, 0.15) is 47.2 Å². The van der Waals surface area contributed by atoms with E-state index in [4.69, 9.17) is 0 Å². The summed E-state index contributed by atoms with van der Waals surface area (Å²) >= 11 is 0. The van der Waals surface area contributed by atoms with E-state index in [1.165, 1.54) is 18.4 Å². The average Bonchev–Trinajstić information content (AvgIpc) is 3.18. The molecule has 0 spiro atoms. The summed E-state index contributed by atoms with van der Waals surface area (Å²) in [5, 5.41) is 5.99. The van der Waals surface area contributed by atoms with Crippen molar-refractivity contribution >= 4 is 17.7 Å². The van der Waals surface area contributed by atoms with Gasteiger partial charge in [0, 0.05) is 62.1 Å². The Morgan fingerprint density at radius 1 is 1.07 bits per heavy atom. The van der Waals surface area contributed by atoms with E-state index < -0.39 is 6.04 Å². The molecule has 1 aromatic carbocycles. The number of fused-ring (bicyclic) bond motifs is 1. The molecule has 4 heterocycles. The van der Waals surface area contributed by atoms with E-state index in [2.05, 4.69) is 21.6 Å². The number of carbonyl (C=O) groups is 3. The van der Waals surface area contributed by atoms with Gasteiger partial charge in [-0.25, -0.2) is 0 Å². The zero-order valence-electron chi connectivity index (χ0n) is 16.5. The number of nitrogens with zero attached hydrogens (tertiary/aromatic N) is 2. The number of hydrogen-bond donors (Lipinski definition) is 2.